The fourth-order valence-corrected chi connectivity index (χ4v) is 3.22. The summed E-state index contributed by atoms with van der Waals surface area (Å²) in [5, 5.41) is 3.20. The standard InChI is InChI=1S/C14H22N2O2/c1-15-9-11-10-16(6-8-17-11)13-3-2-4-14-12(13)5-7-18-14/h5,7,11,13,15H,2-4,6,8-10H2,1H3. The summed E-state index contributed by atoms with van der Waals surface area (Å²) in [6.45, 7) is 3.84. The number of hydrogen-bond acceptors (Lipinski definition) is 4. The van der Waals surface area contributed by atoms with Crippen molar-refractivity contribution in [2.24, 2.45) is 0 Å². The molecule has 3 rings (SSSR count). The third-order valence-corrected chi connectivity index (χ3v) is 4.06. The maximum Gasteiger partial charge on any atom is 0.108 e. The van der Waals surface area contributed by atoms with Gasteiger partial charge in [0.15, 0.2) is 0 Å². The molecule has 1 saturated heterocycles. The highest BCUT2D eigenvalue weighted by Crippen LogP contribution is 2.35. The number of hydrogen-bond donors (Lipinski definition) is 1. The SMILES string of the molecule is CNCC1CN(C2CCCc3occc32)CCO1. The molecule has 1 fully saturated rings. The molecule has 0 aromatic carbocycles. The molecule has 0 saturated carbocycles. The number of nitrogens with one attached hydrogen (secondary N) is 1. The van der Waals surface area contributed by atoms with Crippen LogP contribution in [0.1, 0.15) is 30.2 Å². The molecule has 4 heteroatoms. The van der Waals surface area contributed by atoms with Gasteiger partial charge in [-0.2, -0.15) is 0 Å². The van der Waals surface area contributed by atoms with Gasteiger partial charge in [-0.05, 0) is 26.0 Å². The van der Waals surface area contributed by atoms with Gasteiger partial charge in [0.1, 0.15) is 5.76 Å². The summed E-state index contributed by atoms with van der Waals surface area (Å²) >= 11 is 0. The van der Waals surface area contributed by atoms with Gasteiger partial charge in [-0.3, -0.25) is 4.90 Å². The van der Waals surface area contributed by atoms with Crippen LogP contribution in [0.5, 0.6) is 0 Å². The van der Waals surface area contributed by atoms with E-state index in [-0.39, 0.29) is 0 Å². The van der Waals surface area contributed by atoms with E-state index in [1.807, 2.05) is 13.3 Å². The number of rotatable bonds is 3. The number of ether oxygens (including phenoxy) is 1. The highest BCUT2D eigenvalue weighted by molar-refractivity contribution is 5.24. The number of morpholine rings is 1. The Labute approximate surface area is 108 Å². The van der Waals surface area contributed by atoms with Crippen molar-refractivity contribution in [1.82, 2.24) is 10.2 Å². The maximum absolute atomic E-state index is 5.78. The molecule has 1 N–H and O–H groups in total. The fourth-order valence-electron chi connectivity index (χ4n) is 3.22. The first-order valence-electron chi connectivity index (χ1n) is 6.95. The second-order valence-corrected chi connectivity index (χ2v) is 5.25. The number of aryl methyl sites for hydroxylation is 1. The van der Waals surface area contributed by atoms with Gasteiger partial charge in [-0.25, -0.2) is 0 Å². The summed E-state index contributed by atoms with van der Waals surface area (Å²) in [6, 6.07) is 2.69. The van der Waals surface area contributed by atoms with Crippen LogP contribution < -0.4 is 5.32 Å². The molecule has 2 unspecified atom stereocenters. The Morgan fingerprint density at radius 2 is 2.44 bits per heavy atom. The molecule has 1 aromatic heterocycles. The zero-order chi connectivity index (χ0) is 12.4. The molecule has 2 aliphatic rings. The third kappa shape index (κ3) is 2.32. The second-order valence-electron chi connectivity index (χ2n) is 5.25. The summed E-state index contributed by atoms with van der Waals surface area (Å²) in [7, 11) is 1.98. The minimum Gasteiger partial charge on any atom is -0.469 e. The quantitative estimate of drug-likeness (QED) is 0.884. The zero-order valence-corrected chi connectivity index (χ0v) is 11.0. The van der Waals surface area contributed by atoms with Crippen LogP contribution in [0, 0.1) is 0 Å². The Morgan fingerprint density at radius 3 is 3.33 bits per heavy atom. The average molecular weight is 250 g/mol. The predicted molar refractivity (Wildman–Crippen MR) is 69.6 cm³/mol. The molecule has 1 aliphatic heterocycles. The van der Waals surface area contributed by atoms with E-state index in [9.17, 15) is 0 Å². The van der Waals surface area contributed by atoms with Gasteiger partial charge in [-0.15, -0.1) is 0 Å². The first-order chi connectivity index (χ1) is 8.88. The van der Waals surface area contributed by atoms with E-state index in [1.165, 1.54) is 24.2 Å². The van der Waals surface area contributed by atoms with Crippen molar-refractivity contribution < 1.29 is 9.15 Å². The van der Waals surface area contributed by atoms with Crippen molar-refractivity contribution in [2.45, 2.75) is 31.4 Å². The van der Waals surface area contributed by atoms with E-state index in [1.54, 1.807) is 0 Å². The molecular formula is C14H22N2O2. The van der Waals surface area contributed by atoms with Crippen molar-refractivity contribution in [3.8, 4) is 0 Å². The molecule has 2 heterocycles. The molecule has 100 valence electrons. The molecule has 4 nitrogen and oxygen atoms in total. The summed E-state index contributed by atoms with van der Waals surface area (Å²) < 4.78 is 11.4. The minimum atomic E-state index is 0.320. The zero-order valence-electron chi connectivity index (χ0n) is 11.0. The molecule has 1 aliphatic carbocycles. The fraction of sp³-hybridized carbons (Fsp3) is 0.714. The lowest BCUT2D eigenvalue weighted by Gasteiger charge is -2.39. The molecular weight excluding hydrogens is 228 g/mol. The molecule has 1 aromatic rings. The molecule has 18 heavy (non-hydrogen) atoms. The second kappa shape index (κ2) is 5.43. The molecule has 2 atom stereocenters. The molecule has 0 amide bonds. The smallest absolute Gasteiger partial charge is 0.108 e. The van der Waals surface area contributed by atoms with Gasteiger partial charge in [0.2, 0.25) is 0 Å². The Kier molecular flexibility index (Phi) is 3.68. The Hall–Kier alpha value is -0.840. The highest BCUT2D eigenvalue weighted by atomic mass is 16.5. The molecule has 0 radical (unpaired) electrons. The first-order valence-corrected chi connectivity index (χ1v) is 6.95. The lowest BCUT2D eigenvalue weighted by molar-refractivity contribution is -0.0444. The maximum atomic E-state index is 5.78. The normalized spacial score (nSPS) is 29.2. The van der Waals surface area contributed by atoms with E-state index < -0.39 is 0 Å². The lowest BCUT2D eigenvalue weighted by atomic mass is 9.91. The lowest BCUT2D eigenvalue weighted by Crippen LogP contribution is -2.47. The largest absolute Gasteiger partial charge is 0.469 e. The van der Waals surface area contributed by atoms with Crippen LogP contribution in [0.3, 0.4) is 0 Å². The Bertz CT molecular complexity index is 389. The summed E-state index contributed by atoms with van der Waals surface area (Å²) in [5.74, 6) is 1.20. The first kappa shape index (κ1) is 12.2. The van der Waals surface area contributed by atoms with Crippen LogP contribution in [-0.2, 0) is 11.2 Å². The average Bonchev–Trinajstić information content (AvgIpc) is 2.87. The highest BCUT2D eigenvalue weighted by Gasteiger charge is 2.31. The number of likely N-dealkylation sites (N-methyl/N-ethyl adjacent to an activating group) is 1. The summed E-state index contributed by atoms with van der Waals surface area (Å²) in [4.78, 5) is 2.57. The number of fused-ring (bicyclic) bond motifs is 1. The molecule has 0 spiro atoms. The van der Waals surface area contributed by atoms with Crippen LogP contribution in [0.4, 0.5) is 0 Å². The van der Waals surface area contributed by atoms with Crippen molar-refractivity contribution in [2.75, 3.05) is 33.3 Å². The summed E-state index contributed by atoms with van der Waals surface area (Å²) in [6.07, 6.45) is 5.75. The van der Waals surface area contributed by atoms with Crippen LogP contribution in [0.15, 0.2) is 16.7 Å². The van der Waals surface area contributed by atoms with Crippen molar-refractivity contribution in [1.29, 1.82) is 0 Å². The van der Waals surface area contributed by atoms with E-state index in [0.29, 0.717) is 12.1 Å². The van der Waals surface area contributed by atoms with Gasteiger partial charge in [-0.1, -0.05) is 0 Å². The van der Waals surface area contributed by atoms with Crippen molar-refractivity contribution in [3.05, 3.63) is 23.7 Å². The van der Waals surface area contributed by atoms with Gasteiger partial charge >= 0.3 is 0 Å². The van der Waals surface area contributed by atoms with E-state index in [2.05, 4.69) is 16.3 Å². The van der Waals surface area contributed by atoms with Crippen molar-refractivity contribution in [3.63, 3.8) is 0 Å². The van der Waals surface area contributed by atoms with Crippen LogP contribution >= 0.6 is 0 Å². The van der Waals surface area contributed by atoms with Gasteiger partial charge in [0.25, 0.3) is 0 Å². The van der Waals surface area contributed by atoms with Crippen LogP contribution in [0.2, 0.25) is 0 Å². The van der Waals surface area contributed by atoms with E-state index >= 15 is 0 Å². The number of nitrogens with zero attached hydrogens (tertiary/aromatic N) is 1. The van der Waals surface area contributed by atoms with Crippen LogP contribution in [-0.4, -0.2) is 44.3 Å². The van der Waals surface area contributed by atoms with E-state index in [0.717, 1.165) is 32.7 Å². The minimum absolute atomic E-state index is 0.320. The number of furan rings is 1. The van der Waals surface area contributed by atoms with Crippen LogP contribution in [0.25, 0.3) is 0 Å². The molecule has 0 bridgehead atoms. The van der Waals surface area contributed by atoms with Gasteiger partial charge in [0.05, 0.1) is 19.0 Å². The third-order valence-electron chi connectivity index (χ3n) is 4.06. The van der Waals surface area contributed by atoms with E-state index in [4.69, 9.17) is 9.15 Å². The van der Waals surface area contributed by atoms with Crippen molar-refractivity contribution >= 4 is 0 Å². The monoisotopic (exact) mass is 250 g/mol. The Balaban J connectivity index is 1.72. The Morgan fingerprint density at radius 1 is 1.50 bits per heavy atom. The topological polar surface area (TPSA) is 37.6 Å². The summed E-state index contributed by atoms with van der Waals surface area (Å²) in [5.41, 5.74) is 1.41. The van der Waals surface area contributed by atoms with Gasteiger partial charge in [0, 0.05) is 37.7 Å². The van der Waals surface area contributed by atoms with Gasteiger partial charge < -0.3 is 14.5 Å². The predicted octanol–water partition coefficient (Wildman–Crippen LogP) is 1.58.